The molecule has 1 N–H and O–H groups in total. The summed E-state index contributed by atoms with van der Waals surface area (Å²) >= 11 is 0. The number of ether oxygens (including phenoxy) is 3. The molecule has 1 atom stereocenters. The minimum atomic E-state index is -0.897. The smallest absolute Gasteiger partial charge is 0.306 e. The standard InChI is InChI=1S/C12H14O5/c1-15-10(7-12(13)14)8-2-3-9-11(6-8)17-5-4-16-9/h2-3,6,10H,4-5,7H2,1H3,(H,13,14). The van der Waals surface area contributed by atoms with Crippen LogP contribution in [0.25, 0.3) is 0 Å². The molecule has 0 spiro atoms. The first-order valence-electron chi connectivity index (χ1n) is 5.35. The Hall–Kier alpha value is -1.75. The van der Waals surface area contributed by atoms with Crippen LogP contribution in [0.1, 0.15) is 18.1 Å². The van der Waals surface area contributed by atoms with E-state index in [-0.39, 0.29) is 6.42 Å². The summed E-state index contributed by atoms with van der Waals surface area (Å²) in [6.07, 6.45) is -0.542. The Labute approximate surface area is 98.9 Å². The predicted octanol–water partition coefficient (Wildman–Crippen LogP) is 1.62. The number of aliphatic carboxylic acids is 1. The van der Waals surface area contributed by atoms with Crippen LogP contribution in [0.2, 0.25) is 0 Å². The second-order valence-electron chi connectivity index (χ2n) is 3.73. The molecule has 92 valence electrons. The predicted molar refractivity (Wildman–Crippen MR) is 59.4 cm³/mol. The molecular formula is C12H14O5. The molecule has 1 aliphatic heterocycles. The van der Waals surface area contributed by atoms with Gasteiger partial charge in [-0.1, -0.05) is 6.07 Å². The van der Waals surface area contributed by atoms with Crippen molar-refractivity contribution >= 4 is 5.97 Å². The lowest BCUT2D eigenvalue weighted by atomic mass is 10.1. The average molecular weight is 238 g/mol. The normalized spacial score (nSPS) is 15.4. The Morgan fingerprint density at radius 3 is 2.76 bits per heavy atom. The summed E-state index contributed by atoms with van der Waals surface area (Å²) < 4.78 is 16.0. The van der Waals surface area contributed by atoms with Crippen LogP contribution in [-0.2, 0) is 9.53 Å². The van der Waals surface area contributed by atoms with Crippen molar-refractivity contribution in [2.24, 2.45) is 0 Å². The highest BCUT2D eigenvalue weighted by Crippen LogP contribution is 2.34. The second kappa shape index (κ2) is 5.05. The summed E-state index contributed by atoms with van der Waals surface area (Å²) in [6, 6.07) is 5.34. The van der Waals surface area contributed by atoms with Gasteiger partial charge in [0, 0.05) is 7.11 Å². The van der Waals surface area contributed by atoms with Gasteiger partial charge in [0.25, 0.3) is 0 Å². The number of rotatable bonds is 4. The summed E-state index contributed by atoms with van der Waals surface area (Å²) in [4.78, 5) is 10.7. The Morgan fingerprint density at radius 2 is 2.12 bits per heavy atom. The third-order valence-corrected chi connectivity index (χ3v) is 2.58. The molecule has 0 amide bonds. The lowest BCUT2D eigenvalue weighted by Crippen LogP contribution is -2.16. The first-order valence-corrected chi connectivity index (χ1v) is 5.35. The van der Waals surface area contributed by atoms with Crippen molar-refractivity contribution in [1.82, 2.24) is 0 Å². The van der Waals surface area contributed by atoms with Crippen LogP contribution >= 0.6 is 0 Å². The molecule has 0 radical (unpaired) electrons. The van der Waals surface area contributed by atoms with E-state index in [1.165, 1.54) is 7.11 Å². The van der Waals surface area contributed by atoms with Gasteiger partial charge in [-0.2, -0.15) is 0 Å². The molecule has 17 heavy (non-hydrogen) atoms. The van der Waals surface area contributed by atoms with Crippen molar-refractivity contribution in [2.75, 3.05) is 20.3 Å². The molecule has 0 bridgehead atoms. The van der Waals surface area contributed by atoms with Gasteiger partial charge in [-0.25, -0.2) is 0 Å². The number of benzene rings is 1. The summed E-state index contributed by atoms with van der Waals surface area (Å²) in [6.45, 7) is 1.04. The number of hydrogen-bond donors (Lipinski definition) is 1. The molecule has 0 fully saturated rings. The van der Waals surface area contributed by atoms with Crippen LogP contribution < -0.4 is 9.47 Å². The number of carboxylic acids is 1. The first kappa shape index (κ1) is 11.7. The molecule has 5 nitrogen and oxygen atoms in total. The van der Waals surface area contributed by atoms with E-state index in [4.69, 9.17) is 19.3 Å². The monoisotopic (exact) mass is 238 g/mol. The van der Waals surface area contributed by atoms with E-state index in [1.807, 2.05) is 0 Å². The summed E-state index contributed by atoms with van der Waals surface area (Å²) in [5, 5.41) is 8.78. The van der Waals surface area contributed by atoms with Gasteiger partial charge in [-0.05, 0) is 17.7 Å². The zero-order chi connectivity index (χ0) is 12.3. The van der Waals surface area contributed by atoms with Gasteiger partial charge < -0.3 is 19.3 Å². The average Bonchev–Trinajstić information content (AvgIpc) is 2.35. The molecule has 1 unspecified atom stereocenters. The van der Waals surface area contributed by atoms with Gasteiger partial charge in [0.15, 0.2) is 11.5 Å². The van der Waals surface area contributed by atoms with E-state index < -0.39 is 12.1 Å². The zero-order valence-electron chi connectivity index (χ0n) is 9.51. The van der Waals surface area contributed by atoms with E-state index in [9.17, 15) is 4.79 Å². The van der Waals surface area contributed by atoms with Crippen LogP contribution in [-0.4, -0.2) is 31.4 Å². The van der Waals surface area contributed by atoms with E-state index in [1.54, 1.807) is 18.2 Å². The molecule has 5 heteroatoms. The third kappa shape index (κ3) is 2.68. The Bertz CT molecular complexity index is 415. The maximum absolute atomic E-state index is 10.7. The Kier molecular flexibility index (Phi) is 3.49. The molecule has 0 aromatic heterocycles. The second-order valence-corrected chi connectivity index (χ2v) is 3.73. The summed E-state index contributed by atoms with van der Waals surface area (Å²) in [5.74, 6) is 0.429. The van der Waals surface area contributed by atoms with Gasteiger partial charge in [-0.3, -0.25) is 4.79 Å². The van der Waals surface area contributed by atoms with Crippen LogP contribution in [0, 0.1) is 0 Å². The zero-order valence-corrected chi connectivity index (χ0v) is 9.51. The topological polar surface area (TPSA) is 65.0 Å². The maximum Gasteiger partial charge on any atom is 0.306 e. The van der Waals surface area contributed by atoms with Crippen LogP contribution in [0.5, 0.6) is 11.5 Å². The van der Waals surface area contributed by atoms with E-state index in [2.05, 4.69) is 0 Å². The third-order valence-electron chi connectivity index (χ3n) is 2.58. The number of methoxy groups -OCH3 is 1. The van der Waals surface area contributed by atoms with Gasteiger partial charge in [-0.15, -0.1) is 0 Å². The number of fused-ring (bicyclic) bond motifs is 1. The van der Waals surface area contributed by atoms with Gasteiger partial charge in [0.1, 0.15) is 13.2 Å². The number of hydrogen-bond acceptors (Lipinski definition) is 4. The highest BCUT2D eigenvalue weighted by molar-refractivity contribution is 5.67. The van der Waals surface area contributed by atoms with Crippen molar-refractivity contribution in [3.63, 3.8) is 0 Å². The number of carbonyl (C=O) groups is 1. The van der Waals surface area contributed by atoms with E-state index in [0.29, 0.717) is 24.7 Å². The fourth-order valence-corrected chi connectivity index (χ4v) is 1.76. The van der Waals surface area contributed by atoms with Gasteiger partial charge in [0.05, 0.1) is 12.5 Å². The van der Waals surface area contributed by atoms with Gasteiger partial charge >= 0.3 is 5.97 Å². The maximum atomic E-state index is 10.7. The highest BCUT2D eigenvalue weighted by atomic mass is 16.6. The molecule has 1 aliphatic rings. The SMILES string of the molecule is COC(CC(=O)O)c1ccc2c(c1)OCCO2. The van der Waals surface area contributed by atoms with Crippen LogP contribution in [0.3, 0.4) is 0 Å². The van der Waals surface area contributed by atoms with E-state index >= 15 is 0 Å². The molecule has 1 aromatic carbocycles. The van der Waals surface area contributed by atoms with Crippen LogP contribution in [0.15, 0.2) is 18.2 Å². The highest BCUT2D eigenvalue weighted by Gasteiger charge is 2.18. The first-order chi connectivity index (χ1) is 8.20. The van der Waals surface area contributed by atoms with Crippen molar-refractivity contribution in [2.45, 2.75) is 12.5 Å². The van der Waals surface area contributed by atoms with Crippen molar-refractivity contribution in [3.05, 3.63) is 23.8 Å². The fourth-order valence-electron chi connectivity index (χ4n) is 1.76. The number of carboxylic acid groups (broad SMARTS) is 1. The van der Waals surface area contributed by atoms with Gasteiger partial charge in [0.2, 0.25) is 0 Å². The van der Waals surface area contributed by atoms with E-state index in [0.717, 1.165) is 5.56 Å². The molecule has 0 saturated heterocycles. The van der Waals surface area contributed by atoms with Crippen LogP contribution in [0.4, 0.5) is 0 Å². The minimum Gasteiger partial charge on any atom is -0.486 e. The largest absolute Gasteiger partial charge is 0.486 e. The quantitative estimate of drug-likeness (QED) is 0.863. The summed E-state index contributed by atoms with van der Waals surface area (Å²) in [7, 11) is 1.49. The minimum absolute atomic E-state index is 0.0733. The lowest BCUT2D eigenvalue weighted by Gasteiger charge is -2.21. The molecule has 2 rings (SSSR count). The Morgan fingerprint density at radius 1 is 1.41 bits per heavy atom. The molecule has 1 aromatic rings. The molecule has 0 saturated carbocycles. The molecule has 0 aliphatic carbocycles. The van der Waals surface area contributed by atoms with Crippen molar-refractivity contribution in [1.29, 1.82) is 0 Å². The van der Waals surface area contributed by atoms with Crippen molar-refractivity contribution in [3.8, 4) is 11.5 Å². The fraction of sp³-hybridized carbons (Fsp3) is 0.417. The van der Waals surface area contributed by atoms with Crippen molar-refractivity contribution < 1.29 is 24.1 Å². The molecule has 1 heterocycles. The lowest BCUT2D eigenvalue weighted by molar-refractivity contribution is -0.139. The Balaban J connectivity index is 2.22. The summed E-state index contributed by atoms with van der Waals surface area (Å²) in [5.41, 5.74) is 0.777. The molecular weight excluding hydrogens is 224 g/mol.